The van der Waals surface area contributed by atoms with Gasteiger partial charge in [0.1, 0.15) is 6.07 Å². The van der Waals surface area contributed by atoms with Crippen molar-refractivity contribution >= 4 is 34.6 Å². The van der Waals surface area contributed by atoms with E-state index in [4.69, 9.17) is 33.7 Å². The predicted molar refractivity (Wildman–Crippen MR) is 107 cm³/mol. The number of allylic oxidation sites excluding steroid dienone is 1. The van der Waals surface area contributed by atoms with Crippen molar-refractivity contribution in [1.29, 1.82) is 5.26 Å². The lowest BCUT2D eigenvalue weighted by atomic mass is 9.76. The van der Waals surface area contributed by atoms with Gasteiger partial charge in [0, 0.05) is 16.0 Å². The number of alkyl halides is 3. The zero-order valence-electron chi connectivity index (χ0n) is 15.1. The van der Waals surface area contributed by atoms with E-state index >= 15 is 0 Å². The molecule has 0 amide bonds. The average molecular weight is 453 g/mol. The fourth-order valence-corrected chi connectivity index (χ4v) is 4.28. The molecule has 30 heavy (non-hydrogen) atoms. The van der Waals surface area contributed by atoms with Crippen molar-refractivity contribution in [2.45, 2.75) is 18.3 Å². The van der Waals surface area contributed by atoms with Crippen LogP contribution in [0.2, 0.25) is 10.0 Å². The van der Waals surface area contributed by atoms with Crippen LogP contribution in [0.15, 0.2) is 65.1 Å². The number of anilines is 1. The summed E-state index contributed by atoms with van der Waals surface area (Å²) in [4.78, 5) is 0. The molecule has 0 unspecified atom stereocenters. The third-order valence-electron chi connectivity index (χ3n) is 4.99. The van der Waals surface area contributed by atoms with Crippen LogP contribution in [0.25, 0.3) is 0 Å². The van der Waals surface area contributed by atoms with Gasteiger partial charge in [-0.3, -0.25) is 0 Å². The third kappa shape index (κ3) is 3.34. The molecule has 0 spiro atoms. The first-order chi connectivity index (χ1) is 14.2. The maximum atomic E-state index is 14.0. The fraction of sp³-hybridized carbons (Fsp3) is 0.200. The van der Waals surface area contributed by atoms with Crippen molar-refractivity contribution in [3.63, 3.8) is 0 Å². The molecule has 2 heterocycles. The van der Waals surface area contributed by atoms with Crippen molar-refractivity contribution in [2.75, 3.05) is 5.01 Å². The SMILES string of the molecule is N#CC1=C(N)O[C@@H]2[C@@H](C(C(F)(F)F)=NN2c2ccccc2)[C@@H]1c1ccc(Cl)cc1Cl. The molecule has 0 fully saturated rings. The molecule has 0 saturated heterocycles. The molecule has 0 aromatic heterocycles. The van der Waals surface area contributed by atoms with Gasteiger partial charge in [0.2, 0.25) is 12.1 Å². The number of hydrogen-bond acceptors (Lipinski definition) is 5. The Kier molecular flexibility index (Phi) is 5.04. The van der Waals surface area contributed by atoms with Crippen molar-refractivity contribution in [2.24, 2.45) is 16.8 Å². The molecular weight excluding hydrogens is 440 g/mol. The molecule has 0 aliphatic carbocycles. The molecule has 5 nitrogen and oxygen atoms in total. The number of nitriles is 1. The highest BCUT2D eigenvalue weighted by Gasteiger charge is 2.58. The summed E-state index contributed by atoms with van der Waals surface area (Å²) in [5, 5.41) is 15.1. The van der Waals surface area contributed by atoms with Gasteiger partial charge in [-0.2, -0.15) is 23.5 Å². The molecule has 0 bridgehead atoms. The number of hydrogen-bond donors (Lipinski definition) is 1. The van der Waals surface area contributed by atoms with Gasteiger partial charge in [0.05, 0.1) is 17.2 Å². The molecule has 10 heteroatoms. The first-order valence-electron chi connectivity index (χ1n) is 8.73. The van der Waals surface area contributed by atoms with Crippen molar-refractivity contribution in [1.82, 2.24) is 0 Å². The Hall–Kier alpha value is -2.89. The lowest BCUT2D eigenvalue weighted by Gasteiger charge is -2.37. The zero-order valence-corrected chi connectivity index (χ0v) is 16.6. The molecule has 3 atom stereocenters. The largest absolute Gasteiger partial charge is 0.452 e. The quantitative estimate of drug-likeness (QED) is 0.680. The Morgan fingerprint density at radius 2 is 1.83 bits per heavy atom. The van der Waals surface area contributed by atoms with E-state index in [0.717, 1.165) is 5.01 Å². The van der Waals surface area contributed by atoms with Gasteiger partial charge >= 0.3 is 6.18 Å². The van der Waals surface area contributed by atoms with Gasteiger partial charge in [-0.15, -0.1) is 0 Å². The minimum absolute atomic E-state index is 0.119. The summed E-state index contributed by atoms with van der Waals surface area (Å²) in [5.74, 6) is -2.76. The number of benzene rings is 2. The van der Waals surface area contributed by atoms with E-state index < -0.39 is 30.0 Å². The van der Waals surface area contributed by atoms with Gasteiger partial charge in [-0.05, 0) is 29.8 Å². The maximum Gasteiger partial charge on any atom is 0.431 e. The van der Waals surface area contributed by atoms with E-state index in [-0.39, 0.29) is 22.0 Å². The van der Waals surface area contributed by atoms with E-state index in [1.54, 1.807) is 30.3 Å². The van der Waals surface area contributed by atoms with Crippen molar-refractivity contribution in [3.8, 4) is 6.07 Å². The van der Waals surface area contributed by atoms with Crippen LogP contribution in [-0.4, -0.2) is 18.1 Å². The number of nitrogens with zero attached hydrogens (tertiary/aromatic N) is 3. The average Bonchev–Trinajstić information content (AvgIpc) is 3.07. The molecule has 0 radical (unpaired) electrons. The van der Waals surface area contributed by atoms with Gasteiger partial charge in [0.25, 0.3) is 0 Å². The number of rotatable bonds is 2. The summed E-state index contributed by atoms with van der Waals surface area (Å²) in [5.41, 5.74) is 5.41. The monoisotopic (exact) mass is 452 g/mol. The van der Waals surface area contributed by atoms with Crippen molar-refractivity contribution in [3.05, 3.63) is 75.6 Å². The minimum atomic E-state index is -4.76. The number of halogens is 5. The highest BCUT2D eigenvalue weighted by atomic mass is 35.5. The molecular formula is C20H13Cl2F3N4O. The predicted octanol–water partition coefficient (Wildman–Crippen LogP) is 5.18. The summed E-state index contributed by atoms with van der Waals surface area (Å²) >= 11 is 12.3. The van der Waals surface area contributed by atoms with Gasteiger partial charge in [-0.1, -0.05) is 47.5 Å². The maximum absolute atomic E-state index is 14.0. The van der Waals surface area contributed by atoms with E-state index in [1.165, 1.54) is 18.2 Å². The molecule has 4 rings (SSSR count). The second-order valence-electron chi connectivity index (χ2n) is 6.73. The van der Waals surface area contributed by atoms with Crippen LogP contribution in [0.4, 0.5) is 18.9 Å². The van der Waals surface area contributed by atoms with E-state index in [1.807, 2.05) is 6.07 Å². The second-order valence-corrected chi connectivity index (χ2v) is 7.57. The Morgan fingerprint density at radius 3 is 2.43 bits per heavy atom. The summed E-state index contributed by atoms with van der Waals surface area (Å²) < 4.78 is 47.6. The Balaban J connectivity index is 1.93. The lowest BCUT2D eigenvalue weighted by molar-refractivity contribution is -0.0658. The highest BCUT2D eigenvalue weighted by Crippen LogP contribution is 2.50. The van der Waals surface area contributed by atoms with Gasteiger partial charge < -0.3 is 10.5 Å². The topological polar surface area (TPSA) is 74.6 Å². The zero-order chi connectivity index (χ0) is 21.6. The van der Waals surface area contributed by atoms with Crippen LogP contribution in [0.5, 0.6) is 0 Å². The third-order valence-corrected chi connectivity index (χ3v) is 5.55. The molecule has 0 saturated carbocycles. The van der Waals surface area contributed by atoms with E-state index in [9.17, 15) is 18.4 Å². The number of ether oxygens (including phenoxy) is 1. The first-order valence-corrected chi connectivity index (χ1v) is 9.49. The summed E-state index contributed by atoms with van der Waals surface area (Å²) in [6.45, 7) is 0. The molecule has 2 aromatic rings. The normalized spacial score (nSPS) is 23.5. The smallest absolute Gasteiger partial charge is 0.431 e. The van der Waals surface area contributed by atoms with Crippen LogP contribution < -0.4 is 10.7 Å². The summed E-state index contributed by atoms with van der Waals surface area (Å²) in [7, 11) is 0. The molecule has 2 aromatic carbocycles. The number of para-hydroxylation sites is 1. The Bertz CT molecular complexity index is 1100. The van der Waals surface area contributed by atoms with Crippen LogP contribution >= 0.6 is 23.2 Å². The Labute approximate surface area is 179 Å². The lowest BCUT2D eigenvalue weighted by Crippen LogP contribution is -2.46. The number of fused-ring (bicyclic) bond motifs is 1. The van der Waals surface area contributed by atoms with Crippen LogP contribution in [0, 0.1) is 17.2 Å². The highest BCUT2D eigenvalue weighted by molar-refractivity contribution is 6.35. The molecule has 2 aliphatic rings. The second kappa shape index (κ2) is 7.42. The van der Waals surface area contributed by atoms with Crippen LogP contribution in [-0.2, 0) is 4.74 Å². The minimum Gasteiger partial charge on any atom is -0.452 e. The van der Waals surface area contributed by atoms with E-state index in [2.05, 4.69) is 5.10 Å². The summed E-state index contributed by atoms with van der Waals surface area (Å²) in [6.07, 6.45) is -5.97. The van der Waals surface area contributed by atoms with Crippen LogP contribution in [0.1, 0.15) is 11.5 Å². The van der Waals surface area contributed by atoms with Gasteiger partial charge in [0.15, 0.2) is 5.71 Å². The summed E-state index contributed by atoms with van der Waals surface area (Å²) in [6, 6.07) is 14.5. The first kappa shape index (κ1) is 20.4. The Morgan fingerprint density at radius 1 is 1.13 bits per heavy atom. The van der Waals surface area contributed by atoms with Gasteiger partial charge in [-0.25, -0.2) is 5.01 Å². The molecule has 2 aliphatic heterocycles. The fourth-order valence-electron chi connectivity index (χ4n) is 3.76. The van der Waals surface area contributed by atoms with E-state index in [0.29, 0.717) is 10.7 Å². The number of hydrazone groups is 1. The molecule has 2 N–H and O–H groups in total. The van der Waals surface area contributed by atoms with Crippen molar-refractivity contribution < 1.29 is 17.9 Å². The molecule has 154 valence electrons. The number of nitrogens with two attached hydrogens (primary N) is 1. The standard InChI is InChI=1S/C20H13Cl2F3N4O/c21-10-6-7-12(14(22)8-10)15-13(9-26)18(27)30-19-16(15)17(20(23,24)25)28-29(19)11-4-2-1-3-5-11/h1-8,15-16,19H,27H2/t15-,16-,19-/m1/s1. The van der Waals surface area contributed by atoms with Crippen LogP contribution in [0.3, 0.4) is 0 Å².